The number of carbonyl (C=O) groups is 1. The van der Waals surface area contributed by atoms with Gasteiger partial charge in [-0.15, -0.1) is 0 Å². The van der Waals surface area contributed by atoms with Crippen LogP contribution in [0.4, 0.5) is 0 Å². The number of hydrogen-bond donors (Lipinski definition) is 1. The number of benzene rings is 1. The standard InChI is InChI=1S/C14H18O2/c15-13-8-4-5-9-14(16)12(13)10-11-6-2-1-3-7-11/h1-3,6-7,12-13,15H,4-5,8-10H2. The molecule has 1 aromatic rings. The van der Waals surface area contributed by atoms with Crippen molar-refractivity contribution in [3.63, 3.8) is 0 Å². The van der Waals surface area contributed by atoms with Gasteiger partial charge in [-0.3, -0.25) is 4.79 Å². The first-order chi connectivity index (χ1) is 7.77. The summed E-state index contributed by atoms with van der Waals surface area (Å²) in [7, 11) is 0. The van der Waals surface area contributed by atoms with Gasteiger partial charge >= 0.3 is 0 Å². The molecule has 2 rings (SSSR count). The zero-order valence-electron chi connectivity index (χ0n) is 9.43. The minimum absolute atomic E-state index is 0.190. The van der Waals surface area contributed by atoms with Gasteiger partial charge in [0.2, 0.25) is 0 Å². The van der Waals surface area contributed by atoms with Crippen LogP contribution in [0.5, 0.6) is 0 Å². The maximum absolute atomic E-state index is 11.9. The van der Waals surface area contributed by atoms with Gasteiger partial charge in [0.25, 0.3) is 0 Å². The van der Waals surface area contributed by atoms with Crippen LogP contribution in [-0.2, 0) is 11.2 Å². The Bertz CT molecular complexity index is 345. The van der Waals surface area contributed by atoms with Crippen LogP contribution in [0.15, 0.2) is 30.3 Å². The van der Waals surface area contributed by atoms with Gasteiger partial charge in [0, 0.05) is 12.3 Å². The van der Waals surface area contributed by atoms with Crippen LogP contribution in [0.1, 0.15) is 31.2 Å². The molecule has 0 aromatic heterocycles. The fourth-order valence-electron chi connectivity index (χ4n) is 2.37. The topological polar surface area (TPSA) is 37.3 Å². The number of carbonyl (C=O) groups excluding carboxylic acids is 1. The van der Waals surface area contributed by atoms with Gasteiger partial charge in [-0.2, -0.15) is 0 Å². The predicted octanol–water partition coefficient (Wildman–Crippen LogP) is 2.35. The molecule has 0 amide bonds. The lowest BCUT2D eigenvalue weighted by Crippen LogP contribution is -2.28. The Balaban J connectivity index is 2.09. The van der Waals surface area contributed by atoms with E-state index in [0.717, 1.165) is 24.8 Å². The molecule has 16 heavy (non-hydrogen) atoms. The molecular weight excluding hydrogens is 200 g/mol. The summed E-state index contributed by atoms with van der Waals surface area (Å²) < 4.78 is 0. The van der Waals surface area contributed by atoms with E-state index in [2.05, 4.69) is 0 Å². The number of ketones is 1. The number of hydrogen-bond acceptors (Lipinski definition) is 2. The van der Waals surface area contributed by atoms with Crippen molar-refractivity contribution >= 4 is 5.78 Å². The molecule has 1 saturated carbocycles. The second kappa shape index (κ2) is 5.26. The zero-order valence-corrected chi connectivity index (χ0v) is 9.43. The summed E-state index contributed by atoms with van der Waals surface area (Å²) >= 11 is 0. The summed E-state index contributed by atoms with van der Waals surface area (Å²) in [6.07, 6.45) is 3.54. The molecule has 2 unspecified atom stereocenters. The maximum Gasteiger partial charge on any atom is 0.138 e. The Hall–Kier alpha value is -1.15. The highest BCUT2D eigenvalue weighted by Gasteiger charge is 2.28. The van der Waals surface area contributed by atoms with E-state index in [0.29, 0.717) is 12.8 Å². The molecule has 0 aliphatic heterocycles. The van der Waals surface area contributed by atoms with E-state index >= 15 is 0 Å². The predicted molar refractivity (Wildman–Crippen MR) is 63.1 cm³/mol. The Kier molecular flexibility index (Phi) is 3.73. The third-order valence-electron chi connectivity index (χ3n) is 3.35. The molecule has 2 nitrogen and oxygen atoms in total. The average Bonchev–Trinajstić information content (AvgIpc) is 2.46. The van der Waals surface area contributed by atoms with E-state index in [9.17, 15) is 9.90 Å². The van der Waals surface area contributed by atoms with Crippen molar-refractivity contribution in [1.82, 2.24) is 0 Å². The summed E-state index contributed by atoms with van der Waals surface area (Å²) in [6.45, 7) is 0. The maximum atomic E-state index is 11.9. The molecule has 2 heteroatoms. The molecule has 0 bridgehead atoms. The smallest absolute Gasteiger partial charge is 0.138 e. The van der Waals surface area contributed by atoms with Crippen LogP contribution in [0, 0.1) is 5.92 Å². The van der Waals surface area contributed by atoms with Crippen LogP contribution in [0.3, 0.4) is 0 Å². The largest absolute Gasteiger partial charge is 0.392 e. The molecule has 1 N–H and O–H groups in total. The van der Waals surface area contributed by atoms with Crippen molar-refractivity contribution in [3.05, 3.63) is 35.9 Å². The zero-order chi connectivity index (χ0) is 11.4. The van der Waals surface area contributed by atoms with Gasteiger partial charge in [0.1, 0.15) is 5.78 Å². The first kappa shape index (κ1) is 11.3. The van der Waals surface area contributed by atoms with Gasteiger partial charge in [0.15, 0.2) is 0 Å². The van der Waals surface area contributed by atoms with Crippen molar-refractivity contribution in [2.75, 3.05) is 0 Å². The fraction of sp³-hybridized carbons (Fsp3) is 0.500. The molecule has 86 valence electrons. The third kappa shape index (κ3) is 2.70. The van der Waals surface area contributed by atoms with E-state index in [4.69, 9.17) is 0 Å². The molecule has 0 radical (unpaired) electrons. The lowest BCUT2D eigenvalue weighted by molar-refractivity contribution is -0.125. The molecule has 1 aromatic carbocycles. The Morgan fingerprint density at radius 1 is 1.19 bits per heavy atom. The Morgan fingerprint density at radius 3 is 2.69 bits per heavy atom. The lowest BCUT2D eigenvalue weighted by atomic mass is 9.89. The van der Waals surface area contributed by atoms with E-state index < -0.39 is 6.10 Å². The number of aliphatic hydroxyl groups is 1. The van der Waals surface area contributed by atoms with Crippen molar-refractivity contribution < 1.29 is 9.90 Å². The lowest BCUT2D eigenvalue weighted by Gasteiger charge is -2.18. The van der Waals surface area contributed by atoms with Gasteiger partial charge in [-0.25, -0.2) is 0 Å². The van der Waals surface area contributed by atoms with E-state index in [-0.39, 0.29) is 11.7 Å². The number of Topliss-reactive ketones (excluding diaryl/α,β-unsaturated/α-hetero) is 1. The van der Waals surface area contributed by atoms with Gasteiger partial charge in [0.05, 0.1) is 6.10 Å². The molecule has 1 fully saturated rings. The molecule has 2 atom stereocenters. The summed E-state index contributed by atoms with van der Waals surface area (Å²) in [5.74, 6) is 0.0405. The highest BCUT2D eigenvalue weighted by Crippen LogP contribution is 2.24. The average molecular weight is 218 g/mol. The van der Waals surface area contributed by atoms with E-state index in [1.165, 1.54) is 0 Å². The van der Waals surface area contributed by atoms with Crippen LogP contribution in [0.2, 0.25) is 0 Å². The van der Waals surface area contributed by atoms with Gasteiger partial charge < -0.3 is 5.11 Å². The second-order valence-corrected chi connectivity index (χ2v) is 4.58. The Morgan fingerprint density at radius 2 is 1.94 bits per heavy atom. The number of aliphatic hydroxyl groups excluding tert-OH is 1. The van der Waals surface area contributed by atoms with Gasteiger partial charge in [-0.05, 0) is 24.8 Å². The highest BCUT2D eigenvalue weighted by atomic mass is 16.3. The molecule has 1 aliphatic rings. The van der Waals surface area contributed by atoms with E-state index in [1.54, 1.807) is 0 Å². The summed E-state index contributed by atoms with van der Waals surface area (Å²) in [5.41, 5.74) is 1.14. The van der Waals surface area contributed by atoms with Crippen LogP contribution < -0.4 is 0 Å². The Labute approximate surface area is 96.3 Å². The molecule has 1 aliphatic carbocycles. The summed E-state index contributed by atoms with van der Waals surface area (Å²) in [4.78, 5) is 11.9. The minimum Gasteiger partial charge on any atom is -0.392 e. The van der Waals surface area contributed by atoms with Crippen molar-refractivity contribution in [2.24, 2.45) is 5.92 Å². The molecular formula is C14H18O2. The minimum atomic E-state index is -0.449. The first-order valence-corrected chi connectivity index (χ1v) is 6.02. The number of rotatable bonds is 2. The quantitative estimate of drug-likeness (QED) is 0.774. The summed E-state index contributed by atoms with van der Waals surface area (Å²) in [5, 5.41) is 9.96. The monoisotopic (exact) mass is 218 g/mol. The van der Waals surface area contributed by atoms with Crippen molar-refractivity contribution in [3.8, 4) is 0 Å². The van der Waals surface area contributed by atoms with Crippen LogP contribution in [-0.4, -0.2) is 17.0 Å². The van der Waals surface area contributed by atoms with Crippen LogP contribution >= 0.6 is 0 Å². The van der Waals surface area contributed by atoms with Crippen molar-refractivity contribution in [2.45, 2.75) is 38.2 Å². The highest BCUT2D eigenvalue weighted by molar-refractivity contribution is 5.82. The summed E-state index contributed by atoms with van der Waals surface area (Å²) in [6, 6.07) is 9.95. The van der Waals surface area contributed by atoms with E-state index in [1.807, 2.05) is 30.3 Å². The molecule has 0 spiro atoms. The second-order valence-electron chi connectivity index (χ2n) is 4.58. The van der Waals surface area contributed by atoms with Crippen molar-refractivity contribution in [1.29, 1.82) is 0 Å². The molecule has 0 heterocycles. The SMILES string of the molecule is O=C1CCCCC(O)C1Cc1ccccc1. The molecule has 0 saturated heterocycles. The fourth-order valence-corrected chi connectivity index (χ4v) is 2.37. The van der Waals surface area contributed by atoms with Gasteiger partial charge in [-0.1, -0.05) is 36.8 Å². The normalized spacial score (nSPS) is 26.4. The van der Waals surface area contributed by atoms with Crippen LogP contribution in [0.25, 0.3) is 0 Å². The first-order valence-electron chi connectivity index (χ1n) is 6.02. The third-order valence-corrected chi connectivity index (χ3v) is 3.35.